The minimum atomic E-state index is -0.247. The zero-order chi connectivity index (χ0) is 7.56. The number of hydrogen-bond donors (Lipinski definition) is 1. The van der Waals surface area contributed by atoms with Crippen LogP contribution in [0.4, 0.5) is 0 Å². The van der Waals surface area contributed by atoms with E-state index >= 15 is 0 Å². The van der Waals surface area contributed by atoms with Crippen LogP contribution in [0.15, 0.2) is 4.99 Å². The molecule has 0 saturated heterocycles. The summed E-state index contributed by atoms with van der Waals surface area (Å²) in [5, 5.41) is 9.03. The summed E-state index contributed by atoms with van der Waals surface area (Å²) in [4.78, 5) is 6.30. The highest BCUT2D eigenvalue weighted by Gasteiger charge is 2.13. The molecule has 0 spiro atoms. The van der Waals surface area contributed by atoms with Gasteiger partial charge in [-0.1, -0.05) is 0 Å². The molecular weight excluding hydrogens is 128 g/mol. The first kappa shape index (κ1) is 7.54. The van der Waals surface area contributed by atoms with Crippen molar-refractivity contribution in [3.8, 4) is 0 Å². The van der Waals surface area contributed by atoms with E-state index in [1.807, 2.05) is 6.92 Å². The Morgan fingerprint density at radius 1 is 1.80 bits per heavy atom. The number of aliphatic hydroxyl groups excluding tert-OH is 1. The molecule has 0 aromatic rings. The van der Waals surface area contributed by atoms with Crippen molar-refractivity contribution >= 4 is 5.84 Å². The quantitative estimate of drug-likeness (QED) is 0.593. The average molecular weight is 142 g/mol. The molecule has 0 fully saturated rings. The van der Waals surface area contributed by atoms with Crippen LogP contribution in [0.3, 0.4) is 0 Å². The SMILES string of the molecule is CC1=NCCN1CC(C)O. The summed E-state index contributed by atoms with van der Waals surface area (Å²) in [6, 6.07) is 0. The summed E-state index contributed by atoms with van der Waals surface area (Å²) in [5.74, 6) is 1.06. The summed E-state index contributed by atoms with van der Waals surface area (Å²) in [7, 11) is 0. The van der Waals surface area contributed by atoms with E-state index in [0.717, 1.165) is 25.5 Å². The molecule has 0 aliphatic carbocycles. The summed E-state index contributed by atoms with van der Waals surface area (Å²) >= 11 is 0. The monoisotopic (exact) mass is 142 g/mol. The normalized spacial score (nSPS) is 21.1. The summed E-state index contributed by atoms with van der Waals surface area (Å²) < 4.78 is 0. The highest BCUT2D eigenvalue weighted by Crippen LogP contribution is 2.01. The van der Waals surface area contributed by atoms with E-state index < -0.39 is 0 Å². The van der Waals surface area contributed by atoms with E-state index in [0.29, 0.717) is 0 Å². The van der Waals surface area contributed by atoms with E-state index in [2.05, 4.69) is 9.89 Å². The molecule has 10 heavy (non-hydrogen) atoms. The first-order chi connectivity index (χ1) is 4.70. The maximum Gasteiger partial charge on any atom is 0.0959 e. The second kappa shape index (κ2) is 3.01. The maximum atomic E-state index is 9.03. The van der Waals surface area contributed by atoms with Gasteiger partial charge in [0.05, 0.1) is 18.5 Å². The number of aliphatic hydroxyl groups is 1. The van der Waals surface area contributed by atoms with Crippen LogP contribution in [-0.2, 0) is 0 Å². The summed E-state index contributed by atoms with van der Waals surface area (Å²) in [6.45, 7) is 6.35. The first-order valence-electron chi connectivity index (χ1n) is 3.64. The van der Waals surface area contributed by atoms with Crippen LogP contribution in [0, 0.1) is 0 Å². The molecule has 0 amide bonds. The standard InChI is InChI=1S/C7H14N2O/c1-6(10)5-9-4-3-8-7(9)2/h6,10H,3-5H2,1-2H3. The van der Waals surface area contributed by atoms with Crippen LogP contribution in [0.25, 0.3) is 0 Å². The molecule has 3 heteroatoms. The Labute approximate surface area is 61.4 Å². The van der Waals surface area contributed by atoms with Gasteiger partial charge in [0.1, 0.15) is 0 Å². The number of β-amino-alcohol motifs (C(OH)–C–C–N with tert-alkyl or cyclic N) is 1. The van der Waals surface area contributed by atoms with Crippen LogP contribution >= 0.6 is 0 Å². The molecule has 0 aromatic carbocycles. The largest absolute Gasteiger partial charge is 0.392 e. The van der Waals surface area contributed by atoms with Crippen molar-refractivity contribution in [2.75, 3.05) is 19.6 Å². The van der Waals surface area contributed by atoms with Crippen LogP contribution in [-0.4, -0.2) is 41.6 Å². The van der Waals surface area contributed by atoms with Gasteiger partial charge < -0.3 is 10.0 Å². The van der Waals surface area contributed by atoms with Crippen molar-refractivity contribution < 1.29 is 5.11 Å². The number of rotatable bonds is 2. The van der Waals surface area contributed by atoms with Gasteiger partial charge in [0.25, 0.3) is 0 Å². The minimum absolute atomic E-state index is 0.247. The van der Waals surface area contributed by atoms with Gasteiger partial charge in [-0.2, -0.15) is 0 Å². The molecule has 0 aromatic heterocycles. The van der Waals surface area contributed by atoms with Gasteiger partial charge in [0.15, 0.2) is 0 Å². The van der Waals surface area contributed by atoms with Crippen molar-refractivity contribution in [3.05, 3.63) is 0 Å². The number of hydrogen-bond acceptors (Lipinski definition) is 3. The van der Waals surface area contributed by atoms with E-state index in [1.54, 1.807) is 6.92 Å². The molecule has 0 radical (unpaired) electrons. The molecule has 3 nitrogen and oxygen atoms in total. The Bertz CT molecular complexity index is 143. The fourth-order valence-electron chi connectivity index (χ4n) is 1.14. The van der Waals surface area contributed by atoms with Gasteiger partial charge in [0.2, 0.25) is 0 Å². The predicted octanol–water partition coefficient (Wildman–Crippen LogP) is 0.101. The van der Waals surface area contributed by atoms with E-state index in [9.17, 15) is 0 Å². The van der Waals surface area contributed by atoms with E-state index in [4.69, 9.17) is 5.11 Å². The molecule has 1 aliphatic heterocycles. The van der Waals surface area contributed by atoms with Gasteiger partial charge in [-0.05, 0) is 13.8 Å². The van der Waals surface area contributed by atoms with Crippen molar-refractivity contribution in [3.63, 3.8) is 0 Å². The highest BCUT2D eigenvalue weighted by molar-refractivity contribution is 5.81. The summed E-state index contributed by atoms with van der Waals surface area (Å²) in [6.07, 6.45) is -0.247. The summed E-state index contributed by atoms with van der Waals surface area (Å²) in [5.41, 5.74) is 0. The van der Waals surface area contributed by atoms with E-state index in [1.165, 1.54) is 0 Å². The average Bonchev–Trinajstić information content (AvgIpc) is 2.15. The smallest absolute Gasteiger partial charge is 0.0959 e. The fraction of sp³-hybridized carbons (Fsp3) is 0.857. The lowest BCUT2D eigenvalue weighted by Crippen LogP contribution is -2.32. The van der Waals surface area contributed by atoms with Gasteiger partial charge >= 0.3 is 0 Å². The number of nitrogens with zero attached hydrogens (tertiary/aromatic N) is 2. The number of amidine groups is 1. The van der Waals surface area contributed by atoms with Crippen LogP contribution < -0.4 is 0 Å². The van der Waals surface area contributed by atoms with Gasteiger partial charge in [-0.15, -0.1) is 0 Å². The number of aliphatic imine (C=N–C) groups is 1. The Morgan fingerprint density at radius 2 is 2.50 bits per heavy atom. The third-order valence-electron chi connectivity index (χ3n) is 1.65. The Balaban J connectivity index is 2.35. The Hall–Kier alpha value is -0.570. The maximum absolute atomic E-state index is 9.03. The molecule has 1 aliphatic rings. The van der Waals surface area contributed by atoms with Crippen LogP contribution in [0.1, 0.15) is 13.8 Å². The zero-order valence-corrected chi connectivity index (χ0v) is 6.54. The fourth-order valence-corrected chi connectivity index (χ4v) is 1.14. The second-order valence-electron chi connectivity index (χ2n) is 2.72. The topological polar surface area (TPSA) is 35.8 Å². The molecule has 0 saturated carbocycles. The first-order valence-corrected chi connectivity index (χ1v) is 3.64. The lowest BCUT2D eigenvalue weighted by Gasteiger charge is -2.19. The second-order valence-corrected chi connectivity index (χ2v) is 2.72. The lowest BCUT2D eigenvalue weighted by molar-refractivity contribution is 0.163. The third kappa shape index (κ3) is 1.70. The molecule has 1 heterocycles. The molecule has 0 bridgehead atoms. The lowest BCUT2D eigenvalue weighted by atomic mass is 10.3. The van der Waals surface area contributed by atoms with Gasteiger partial charge in [0, 0.05) is 13.1 Å². The Kier molecular flexibility index (Phi) is 2.27. The van der Waals surface area contributed by atoms with Crippen molar-refractivity contribution in [2.24, 2.45) is 4.99 Å². The van der Waals surface area contributed by atoms with Crippen molar-refractivity contribution in [2.45, 2.75) is 20.0 Å². The molecular formula is C7H14N2O. The van der Waals surface area contributed by atoms with Gasteiger partial charge in [-0.25, -0.2) is 0 Å². The predicted molar refractivity (Wildman–Crippen MR) is 41.2 cm³/mol. The van der Waals surface area contributed by atoms with Gasteiger partial charge in [-0.3, -0.25) is 4.99 Å². The Morgan fingerprint density at radius 3 is 2.90 bits per heavy atom. The van der Waals surface area contributed by atoms with Crippen LogP contribution in [0.5, 0.6) is 0 Å². The van der Waals surface area contributed by atoms with E-state index in [-0.39, 0.29) is 6.10 Å². The van der Waals surface area contributed by atoms with Crippen molar-refractivity contribution in [1.29, 1.82) is 0 Å². The molecule has 1 N–H and O–H groups in total. The molecule has 58 valence electrons. The zero-order valence-electron chi connectivity index (χ0n) is 6.54. The molecule has 1 rings (SSSR count). The van der Waals surface area contributed by atoms with Crippen molar-refractivity contribution in [1.82, 2.24) is 4.90 Å². The van der Waals surface area contributed by atoms with Crippen LogP contribution in [0.2, 0.25) is 0 Å². The molecule has 1 atom stereocenters. The highest BCUT2D eigenvalue weighted by atomic mass is 16.3. The molecule has 1 unspecified atom stereocenters. The minimum Gasteiger partial charge on any atom is -0.392 e. The third-order valence-corrected chi connectivity index (χ3v) is 1.65.